The summed E-state index contributed by atoms with van der Waals surface area (Å²) in [6.07, 6.45) is 2.18. The lowest BCUT2D eigenvalue weighted by molar-refractivity contribution is 0.305. The molecule has 2 N–H and O–H groups in total. The van der Waals surface area contributed by atoms with Crippen LogP contribution in [0.1, 0.15) is 49.7 Å². The van der Waals surface area contributed by atoms with Crippen LogP contribution in [0.4, 0.5) is 0 Å². The van der Waals surface area contributed by atoms with Crippen LogP contribution in [0, 0.1) is 13.8 Å². The molecule has 0 saturated carbocycles. The fourth-order valence-corrected chi connectivity index (χ4v) is 2.16. The zero-order valence-corrected chi connectivity index (χ0v) is 13.1. The van der Waals surface area contributed by atoms with Crippen molar-refractivity contribution in [3.8, 4) is 17.1 Å². The molecular formula is C16H23N3O2. The molecule has 0 amide bonds. The van der Waals surface area contributed by atoms with Crippen molar-refractivity contribution in [2.75, 3.05) is 6.61 Å². The van der Waals surface area contributed by atoms with Crippen LogP contribution in [0.5, 0.6) is 5.75 Å². The minimum Gasteiger partial charge on any atom is -0.493 e. The van der Waals surface area contributed by atoms with Gasteiger partial charge in [-0.05, 0) is 50.5 Å². The molecule has 0 spiro atoms. The zero-order chi connectivity index (χ0) is 15.4. The first-order valence-corrected chi connectivity index (χ1v) is 7.36. The maximum absolute atomic E-state index is 5.86. The molecule has 0 bridgehead atoms. The monoisotopic (exact) mass is 289 g/mol. The minimum atomic E-state index is -0.259. The van der Waals surface area contributed by atoms with E-state index in [0.29, 0.717) is 11.7 Å². The van der Waals surface area contributed by atoms with Crippen LogP contribution < -0.4 is 10.5 Å². The van der Waals surface area contributed by atoms with Gasteiger partial charge in [-0.25, -0.2) is 0 Å². The van der Waals surface area contributed by atoms with Crippen LogP contribution in [0.2, 0.25) is 0 Å². The Bertz CT molecular complexity index is 582. The summed E-state index contributed by atoms with van der Waals surface area (Å²) in [6.45, 7) is 8.78. The second-order valence-corrected chi connectivity index (χ2v) is 5.39. The van der Waals surface area contributed by atoms with E-state index in [-0.39, 0.29) is 6.04 Å². The van der Waals surface area contributed by atoms with E-state index >= 15 is 0 Å². The third kappa shape index (κ3) is 3.61. The number of aryl methyl sites for hydroxylation is 2. The number of unbranched alkanes of at least 4 members (excludes halogenated alkanes) is 1. The molecule has 1 heterocycles. The molecule has 0 aliphatic rings. The number of hydrogen-bond acceptors (Lipinski definition) is 5. The summed E-state index contributed by atoms with van der Waals surface area (Å²) in [5.41, 5.74) is 8.81. The van der Waals surface area contributed by atoms with E-state index in [2.05, 4.69) is 17.1 Å². The molecule has 0 saturated heterocycles. The SMILES string of the molecule is CCCCOc1c(C)cc(-c2noc(C(C)N)n2)cc1C. The molecule has 2 rings (SSSR count). The van der Waals surface area contributed by atoms with E-state index in [1.54, 1.807) is 0 Å². The van der Waals surface area contributed by atoms with Gasteiger partial charge < -0.3 is 15.0 Å². The molecular weight excluding hydrogens is 266 g/mol. The van der Waals surface area contributed by atoms with Gasteiger partial charge in [0.25, 0.3) is 0 Å². The van der Waals surface area contributed by atoms with Crippen molar-refractivity contribution in [3.63, 3.8) is 0 Å². The second kappa shape index (κ2) is 6.72. The van der Waals surface area contributed by atoms with E-state index < -0.39 is 0 Å². The molecule has 0 radical (unpaired) electrons. The lowest BCUT2D eigenvalue weighted by atomic mass is 10.1. The molecule has 21 heavy (non-hydrogen) atoms. The summed E-state index contributed by atoms with van der Waals surface area (Å²) < 4.78 is 11.0. The van der Waals surface area contributed by atoms with Gasteiger partial charge in [0.05, 0.1) is 12.6 Å². The summed E-state index contributed by atoms with van der Waals surface area (Å²) in [7, 11) is 0. The molecule has 5 heteroatoms. The molecule has 114 valence electrons. The highest BCUT2D eigenvalue weighted by Gasteiger charge is 2.14. The van der Waals surface area contributed by atoms with E-state index in [4.69, 9.17) is 15.0 Å². The highest BCUT2D eigenvalue weighted by Crippen LogP contribution is 2.29. The molecule has 0 aliphatic heterocycles. The van der Waals surface area contributed by atoms with Crippen molar-refractivity contribution >= 4 is 0 Å². The number of ether oxygens (including phenoxy) is 1. The summed E-state index contributed by atoms with van der Waals surface area (Å²) in [5, 5.41) is 3.99. The summed E-state index contributed by atoms with van der Waals surface area (Å²) in [4.78, 5) is 4.32. The van der Waals surface area contributed by atoms with E-state index in [9.17, 15) is 0 Å². The molecule has 1 atom stereocenters. The van der Waals surface area contributed by atoms with Crippen LogP contribution in [-0.2, 0) is 0 Å². The van der Waals surface area contributed by atoms with Crippen LogP contribution in [-0.4, -0.2) is 16.7 Å². The highest BCUT2D eigenvalue weighted by molar-refractivity contribution is 5.61. The van der Waals surface area contributed by atoms with Gasteiger partial charge in [0.2, 0.25) is 11.7 Å². The van der Waals surface area contributed by atoms with Crippen LogP contribution in [0.3, 0.4) is 0 Å². The largest absolute Gasteiger partial charge is 0.493 e. The van der Waals surface area contributed by atoms with Crippen LogP contribution in [0.25, 0.3) is 11.4 Å². The highest BCUT2D eigenvalue weighted by atomic mass is 16.5. The number of rotatable bonds is 6. The minimum absolute atomic E-state index is 0.259. The average Bonchev–Trinajstić information content (AvgIpc) is 2.91. The molecule has 1 unspecified atom stereocenters. The van der Waals surface area contributed by atoms with Gasteiger partial charge >= 0.3 is 0 Å². The van der Waals surface area contributed by atoms with Gasteiger partial charge in [-0.3, -0.25) is 0 Å². The van der Waals surface area contributed by atoms with Gasteiger partial charge in [0.1, 0.15) is 5.75 Å². The number of nitrogens with two attached hydrogens (primary N) is 1. The van der Waals surface area contributed by atoms with Gasteiger partial charge in [-0.15, -0.1) is 0 Å². The lowest BCUT2D eigenvalue weighted by Crippen LogP contribution is -2.04. The smallest absolute Gasteiger partial charge is 0.243 e. The summed E-state index contributed by atoms with van der Waals surface area (Å²) >= 11 is 0. The fraction of sp³-hybridized carbons (Fsp3) is 0.500. The normalized spacial score (nSPS) is 12.4. The lowest BCUT2D eigenvalue weighted by Gasteiger charge is -2.12. The number of aromatic nitrogens is 2. The third-order valence-electron chi connectivity index (χ3n) is 3.29. The van der Waals surface area contributed by atoms with Crippen molar-refractivity contribution in [1.82, 2.24) is 10.1 Å². The van der Waals surface area contributed by atoms with Crippen molar-refractivity contribution in [2.45, 2.75) is 46.6 Å². The van der Waals surface area contributed by atoms with Crippen LogP contribution >= 0.6 is 0 Å². The third-order valence-corrected chi connectivity index (χ3v) is 3.29. The maximum Gasteiger partial charge on any atom is 0.243 e. The van der Waals surface area contributed by atoms with E-state index in [1.807, 2.05) is 32.9 Å². The van der Waals surface area contributed by atoms with E-state index in [1.165, 1.54) is 0 Å². The summed E-state index contributed by atoms with van der Waals surface area (Å²) in [5.74, 6) is 1.96. The van der Waals surface area contributed by atoms with Gasteiger partial charge in [0, 0.05) is 5.56 Å². The molecule has 1 aromatic heterocycles. The fourth-order valence-electron chi connectivity index (χ4n) is 2.16. The maximum atomic E-state index is 5.86. The first-order valence-electron chi connectivity index (χ1n) is 7.36. The summed E-state index contributed by atoms with van der Waals surface area (Å²) in [6, 6.07) is 3.78. The predicted octanol–water partition coefficient (Wildman–Crippen LogP) is 3.55. The Morgan fingerprint density at radius 2 is 1.95 bits per heavy atom. The Kier molecular flexibility index (Phi) is 4.96. The van der Waals surface area contributed by atoms with Crippen molar-refractivity contribution < 1.29 is 9.26 Å². The van der Waals surface area contributed by atoms with Gasteiger partial charge in [-0.2, -0.15) is 4.98 Å². The molecule has 0 aliphatic carbocycles. The van der Waals surface area contributed by atoms with Gasteiger partial charge in [-0.1, -0.05) is 18.5 Å². The number of nitrogens with zero attached hydrogens (tertiary/aromatic N) is 2. The first kappa shape index (κ1) is 15.5. The molecule has 0 fully saturated rings. The predicted molar refractivity (Wildman–Crippen MR) is 82.2 cm³/mol. The molecule has 1 aromatic carbocycles. The topological polar surface area (TPSA) is 74.2 Å². The molecule has 5 nitrogen and oxygen atoms in total. The Balaban J connectivity index is 2.25. The number of hydrogen-bond donors (Lipinski definition) is 1. The van der Waals surface area contributed by atoms with Crippen molar-refractivity contribution in [1.29, 1.82) is 0 Å². The Labute approximate surface area is 125 Å². The standard InChI is InChI=1S/C16H23N3O2/c1-5-6-7-20-14-10(2)8-13(9-11(14)3)15-18-16(12(4)17)21-19-15/h8-9,12H,5-7,17H2,1-4H3. The Morgan fingerprint density at radius 3 is 2.48 bits per heavy atom. The zero-order valence-electron chi connectivity index (χ0n) is 13.1. The van der Waals surface area contributed by atoms with Crippen LogP contribution in [0.15, 0.2) is 16.7 Å². The van der Waals surface area contributed by atoms with Crippen molar-refractivity contribution in [2.24, 2.45) is 5.73 Å². The Morgan fingerprint density at radius 1 is 1.29 bits per heavy atom. The Hall–Kier alpha value is -1.88. The number of benzene rings is 1. The quantitative estimate of drug-likeness (QED) is 0.823. The first-order chi connectivity index (χ1) is 10.0. The average molecular weight is 289 g/mol. The second-order valence-electron chi connectivity index (χ2n) is 5.39. The van der Waals surface area contributed by atoms with E-state index in [0.717, 1.165) is 41.9 Å². The molecule has 2 aromatic rings. The van der Waals surface area contributed by atoms with Crippen molar-refractivity contribution in [3.05, 3.63) is 29.2 Å². The van der Waals surface area contributed by atoms with Gasteiger partial charge in [0.15, 0.2) is 0 Å².